The molecule has 2 aliphatic rings. The molecule has 2 N–H and O–H groups in total. The van der Waals surface area contributed by atoms with Crippen LogP contribution in [0.2, 0.25) is 0 Å². The van der Waals surface area contributed by atoms with Crippen molar-refractivity contribution in [3.05, 3.63) is 60.2 Å². The summed E-state index contributed by atoms with van der Waals surface area (Å²) in [6.45, 7) is 0. The molecular formula is C20H22N4O2. The number of rotatable bonds is 4. The van der Waals surface area contributed by atoms with Gasteiger partial charge in [-0.2, -0.15) is 0 Å². The lowest BCUT2D eigenvalue weighted by Gasteiger charge is -2.17. The molecule has 2 amide bonds. The van der Waals surface area contributed by atoms with E-state index >= 15 is 0 Å². The standard InChI is InChI=1S/C20H22N4O2/c25-19(17-5-1-3-7-21-17)23-15-9-13-11-16(12-14(13)10-15)24-20(26)18-6-2-4-8-22-18/h1-8,13-16H,9-12H2,(H,23,25)(H,24,26). The Hall–Kier alpha value is -2.76. The summed E-state index contributed by atoms with van der Waals surface area (Å²) in [5.74, 6) is 0.905. The minimum absolute atomic E-state index is 0.101. The molecule has 6 heteroatoms. The van der Waals surface area contributed by atoms with Crippen LogP contribution in [0.25, 0.3) is 0 Å². The van der Waals surface area contributed by atoms with E-state index in [0.717, 1.165) is 25.7 Å². The van der Waals surface area contributed by atoms with Gasteiger partial charge in [0, 0.05) is 24.5 Å². The van der Waals surface area contributed by atoms with Gasteiger partial charge < -0.3 is 10.6 Å². The van der Waals surface area contributed by atoms with Crippen LogP contribution in [0.1, 0.15) is 46.7 Å². The molecule has 2 saturated carbocycles. The number of nitrogens with one attached hydrogen (secondary N) is 2. The Balaban J connectivity index is 1.28. The Morgan fingerprint density at radius 2 is 1.15 bits per heavy atom. The van der Waals surface area contributed by atoms with Gasteiger partial charge in [0.1, 0.15) is 11.4 Å². The van der Waals surface area contributed by atoms with Crippen LogP contribution in [-0.4, -0.2) is 33.9 Å². The fraction of sp³-hybridized carbons (Fsp3) is 0.400. The molecule has 26 heavy (non-hydrogen) atoms. The first-order valence-electron chi connectivity index (χ1n) is 9.13. The molecule has 0 atom stereocenters. The highest BCUT2D eigenvalue weighted by Crippen LogP contribution is 2.44. The summed E-state index contributed by atoms with van der Waals surface area (Å²) >= 11 is 0. The van der Waals surface area contributed by atoms with Gasteiger partial charge >= 0.3 is 0 Å². The Kier molecular flexibility index (Phi) is 4.65. The van der Waals surface area contributed by atoms with Crippen LogP contribution in [0.5, 0.6) is 0 Å². The molecule has 2 aromatic heterocycles. The van der Waals surface area contributed by atoms with Crippen LogP contribution in [0.4, 0.5) is 0 Å². The molecule has 0 unspecified atom stereocenters. The maximum atomic E-state index is 12.2. The number of carbonyl (C=O) groups excluding carboxylic acids is 2. The summed E-state index contributed by atoms with van der Waals surface area (Å²) in [4.78, 5) is 32.7. The van der Waals surface area contributed by atoms with E-state index in [1.165, 1.54) is 0 Å². The van der Waals surface area contributed by atoms with Crippen LogP contribution in [0, 0.1) is 11.8 Å². The SMILES string of the molecule is O=C(NC1CC2CC(NC(=O)c3ccccn3)CC2C1)c1ccccn1. The van der Waals surface area contributed by atoms with Crippen LogP contribution >= 0.6 is 0 Å². The zero-order valence-electron chi connectivity index (χ0n) is 14.5. The van der Waals surface area contributed by atoms with E-state index in [1.54, 1.807) is 36.7 Å². The van der Waals surface area contributed by atoms with E-state index in [-0.39, 0.29) is 23.9 Å². The first-order valence-corrected chi connectivity index (χ1v) is 9.13. The quantitative estimate of drug-likeness (QED) is 0.885. The summed E-state index contributed by atoms with van der Waals surface area (Å²) < 4.78 is 0. The number of fused-ring (bicyclic) bond motifs is 1. The normalized spacial score (nSPS) is 26.9. The third-order valence-electron chi connectivity index (χ3n) is 5.48. The van der Waals surface area contributed by atoms with Crippen molar-refractivity contribution >= 4 is 11.8 Å². The average Bonchev–Trinajstić information content (AvgIpc) is 3.21. The Morgan fingerprint density at radius 3 is 1.50 bits per heavy atom. The van der Waals surface area contributed by atoms with Crippen molar-refractivity contribution in [3.8, 4) is 0 Å². The van der Waals surface area contributed by atoms with Crippen molar-refractivity contribution in [2.45, 2.75) is 37.8 Å². The van der Waals surface area contributed by atoms with Gasteiger partial charge in [-0.05, 0) is 61.8 Å². The van der Waals surface area contributed by atoms with Gasteiger partial charge in [-0.25, -0.2) is 0 Å². The van der Waals surface area contributed by atoms with Gasteiger partial charge in [0.15, 0.2) is 0 Å². The summed E-state index contributed by atoms with van der Waals surface area (Å²) in [7, 11) is 0. The van der Waals surface area contributed by atoms with Crippen molar-refractivity contribution in [1.29, 1.82) is 0 Å². The van der Waals surface area contributed by atoms with Gasteiger partial charge in [-0.15, -0.1) is 0 Å². The van der Waals surface area contributed by atoms with Crippen LogP contribution < -0.4 is 10.6 Å². The number of pyridine rings is 2. The number of carbonyl (C=O) groups is 2. The third-order valence-corrected chi connectivity index (χ3v) is 5.48. The maximum absolute atomic E-state index is 12.2. The molecule has 2 heterocycles. The van der Waals surface area contributed by atoms with Crippen molar-refractivity contribution in [3.63, 3.8) is 0 Å². The number of hydrogen-bond acceptors (Lipinski definition) is 4. The minimum Gasteiger partial charge on any atom is -0.348 e. The topological polar surface area (TPSA) is 84.0 Å². The van der Waals surface area contributed by atoms with E-state index < -0.39 is 0 Å². The second-order valence-electron chi connectivity index (χ2n) is 7.23. The minimum atomic E-state index is -0.101. The molecular weight excluding hydrogens is 328 g/mol. The predicted octanol–water partition coefficient (Wildman–Crippen LogP) is 2.19. The van der Waals surface area contributed by atoms with Crippen molar-refractivity contribution in [2.24, 2.45) is 11.8 Å². The largest absolute Gasteiger partial charge is 0.348 e. The van der Waals surface area contributed by atoms with Gasteiger partial charge in [-0.1, -0.05) is 12.1 Å². The lowest BCUT2D eigenvalue weighted by molar-refractivity contribution is 0.0929. The van der Waals surface area contributed by atoms with E-state index in [2.05, 4.69) is 20.6 Å². The van der Waals surface area contributed by atoms with Gasteiger partial charge in [0.2, 0.25) is 0 Å². The zero-order valence-corrected chi connectivity index (χ0v) is 14.5. The summed E-state index contributed by atoms with van der Waals surface area (Å²) in [6, 6.07) is 11.1. The third kappa shape index (κ3) is 3.59. The maximum Gasteiger partial charge on any atom is 0.270 e. The number of amides is 2. The van der Waals surface area contributed by atoms with Gasteiger partial charge in [0.05, 0.1) is 0 Å². The molecule has 4 rings (SSSR count). The molecule has 0 bridgehead atoms. The number of nitrogens with zero attached hydrogens (tertiary/aromatic N) is 2. The predicted molar refractivity (Wildman–Crippen MR) is 96.4 cm³/mol. The second kappa shape index (κ2) is 7.23. The summed E-state index contributed by atoms with van der Waals surface area (Å²) in [5.41, 5.74) is 0.926. The van der Waals surface area contributed by atoms with E-state index in [4.69, 9.17) is 0 Å². The fourth-order valence-corrected chi connectivity index (χ4v) is 4.37. The molecule has 0 saturated heterocycles. The molecule has 0 aliphatic heterocycles. The smallest absolute Gasteiger partial charge is 0.270 e. The zero-order chi connectivity index (χ0) is 17.9. The molecule has 2 aliphatic carbocycles. The van der Waals surface area contributed by atoms with Gasteiger partial charge in [-0.3, -0.25) is 19.6 Å². The first kappa shape index (κ1) is 16.7. The van der Waals surface area contributed by atoms with Crippen LogP contribution in [-0.2, 0) is 0 Å². The second-order valence-corrected chi connectivity index (χ2v) is 7.23. The lowest BCUT2D eigenvalue weighted by Crippen LogP contribution is -2.36. The fourth-order valence-electron chi connectivity index (χ4n) is 4.37. The van der Waals surface area contributed by atoms with Crippen molar-refractivity contribution in [2.75, 3.05) is 0 Å². The Labute approximate surface area is 152 Å². The molecule has 0 radical (unpaired) electrons. The first-order chi connectivity index (χ1) is 12.7. The monoisotopic (exact) mass is 350 g/mol. The summed E-state index contributed by atoms with van der Waals surface area (Å²) in [5, 5.41) is 6.21. The van der Waals surface area contributed by atoms with Crippen molar-refractivity contribution < 1.29 is 9.59 Å². The van der Waals surface area contributed by atoms with Crippen LogP contribution in [0.3, 0.4) is 0 Å². The Bertz CT molecular complexity index is 701. The molecule has 2 aromatic rings. The highest BCUT2D eigenvalue weighted by molar-refractivity contribution is 5.92. The number of hydrogen-bond donors (Lipinski definition) is 2. The molecule has 0 spiro atoms. The van der Waals surface area contributed by atoms with Gasteiger partial charge in [0.25, 0.3) is 11.8 Å². The molecule has 2 fully saturated rings. The molecule has 6 nitrogen and oxygen atoms in total. The van der Waals surface area contributed by atoms with Crippen molar-refractivity contribution in [1.82, 2.24) is 20.6 Å². The summed E-state index contributed by atoms with van der Waals surface area (Å²) in [6.07, 6.45) is 7.15. The molecule has 134 valence electrons. The number of aromatic nitrogens is 2. The highest BCUT2D eigenvalue weighted by Gasteiger charge is 2.42. The van der Waals surface area contributed by atoms with E-state index in [1.807, 2.05) is 12.1 Å². The van der Waals surface area contributed by atoms with E-state index in [0.29, 0.717) is 23.2 Å². The van der Waals surface area contributed by atoms with E-state index in [9.17, 15) is 9.59 Å². The average molecular weight is 350 g/mol. The molecule has 0 aromatic carbocycles. The van der Waals surface area contributed by atoms with Crippen LogP contribution in [0.15, 0.2) is 48.8 Å². The lowest BCUT2D eigenvalue weighted by atomic mass is 10.0. The highest BCUT2D eigenvalue weighted by atomic mass is 16.2. The Morgan fingerprint density at radius 1 is 0.731 bits per heavy atom.